The van der Waals surface area contributed by atoms with Crippen molar-refractivity contribution in [1.82, 2.24) is 9.88 Å². The van der Waals surface area contributed by atoms with Gasteiger partial charge in [-0.3, -0.25) is 4.79 Å². The van der Waals surface area contributed by atoms with Crippen LogP contribution in [0.3, 0.4) is 0 Å². The van der Waals surface area contributed by atoms with E-state index < -0.39 is 0 Å². The molecule has 2 aromatic rings. The molecule has 1 fully saturated rings. The summed E-state index contributed by atoms with van der Waals surface area (Å²) in [6.45, 7) is 2.80. The van der Waals surface area contributed by atoms with Crippen molar-refractivity contribution >= 4 is 5.91 Å². The van der Waals surface area contributed by atoms with Gasteiger partial charge in [0.1, 0.15) is 0 Å². The van der Waals surface area contributed by atoms with Gasteiger partial charge in [-0.1, -0.05) is 31.2 Å². The summed E-state index contributed by atoms with van der Waals surface area (Å²) in [6, 6.07) is 8.63. The average molecular weight is 296 g/mol. The highest BCUT2D eigenvalue weighted by Gasteiger charge is 2.36. The lowest BCUT2D eigenvalue weighted by Gasteiger charge is -2.36. The standard InChI is InChI=1S/C18H20N2O2/c1-2-15-9-13-5-3-4-6-14(13)10-20(15)18(21)17-16(12-7-8-12)19-11-22-17/h3-6,11-12,15H,2,7-10H2,1H3. The first-order chi connectivity index (χ1) is 10.8. The van der Waals surface area contributed by atoms with E-state index in [0.717, 1.165) is 31.4 Å². The van der Waals surface area contributed by atoms with Gasteiger partial charge >= 0.3 is 0 Å². The van der Waals surface area contributed by atoms with E-state index in [0.29, 0.717) is 18.2 Å². The Labute approximate surface area is 130 Å². The third kappa shape index (κ3) is 2.23. The third-order valence-corrected chi connectivity index (χ3v) is 4.84. The summed E-state index contributed by atoms with van der Waals surface area (Å²) in [7, 11) is 0. The zero-order valence-corrected chi connectivity index (χ0v) is 12.8. The number of hydrogen-bond acceptors (Lipinski definition) is 3. The smallest absolute Gasteiger partial charge is 0.292 e. The number of aromatic nitrogens is 1. The molecule has 1 amide bonds. The molecule has 2 aliphatic rings. The van der Waals surface area contributed by atoms with Gasteiger partial charge in [0, 0.05) is 18.5 Å². The van der Waals surface area contributed by atoms with Gasteiger partial charge in [0.2, 0.25) is 5.76 Å². The Hall–Kier alpha value is -2.10. The molecule has 4 nitrogen and oxygen atoms in total. The van der Waals surface area contributed by atoms with Gasteiger partial charge in [0.25, 0.3) is 5.91 Å². The SMILES string of the molecule is CCC1Cc2ccccc2CN1C(=O)c1ocnc1C1CC1. The van der Waals surface area contributed by atoms with Crippen molar-refractivity contribution in [2.45, 2.75) is 51.1 Å². The fraction of sp³-hybridized carbons (Fsp3) is 0.444. The third-order valence-electron chi connectivity index (χ3n) is 4.84. The van der Waals surface area contributed by atoms with E-state index in [4.69, 9.17) is 4.42 Å². The van der Waals surface area contributed by atoms with Crippen LogP contribution in [0.15, 0.2) is 35.1 Å². The number of oxazole rings is 1. The van der Waals surface area contributed by atoms with Crippen LogP contribution in [0.2, 0.25) is 0 Å². The quantitative estimate of drug-likeness (QED) is 0.870. The van der Waals surface area contributed by atoms with Crippen molar-refractivity contribution in [1.29, 1.82) is 0 Å². The first-order valence-electron chi connectivity index (χ1n) is 8.09. The first kappa shape index (κ1) is 13.6. The molecule has 4 rings (SSSR count). The summed E-state index contributed by atoms with van der Waals surface area (Å²) in [4.78, 5) is 19.2. The molecule has 22 heavy (non-hydrogen) atoms. The van der Waals surface area contributed by atoms with Crippen LogP contribution in [-0.2, 0) is 13.0 Å². The van der Waals surface area contributed by atoms with E-state index in [1.807, 2.05) is 11.0 Å². The van der Waals surface area contributed by atoms with Gasteiger partial charge in [0.15, 0.2) is 6.39 Å². The second kappa shape index (κ2) is 5.27. The van der Waals surface area contributed by atoms with Gasteiger partial charge in [-0.2, -0.15) is 0 Å². The number of benzene rings is 1. The Morgan fingerprint density at radius 1 is 1.32 bits per heavy atom. The van der Waals surface area contributed by atoms with E-state index in [2.05, 4.69) is 30.1 Å². The summed E-state index contributed by atoms with van der Waals surface area (Å²) in [6.07, 6.45) is 5.53. The minimum Gasteiger partial charge on any atom is -0.438 e. The fourth-order valence-electron chi connectivity index (χ4n) is 3.38. The fourth-order valence-corrected chi connectivity index (χ4v) is 3.38. The average Bonchev–Trinajstić information content (AvgIpc) is 3.29. The van der Waals surface area contributed by atoms with E-state index in [1.165, 1.54) is 17.5 Å². The van der Waals surface area contributed by atoms with Gasteiger partial charge in [0.05, 0.1) is 5.69 Å². The molecule has 0 spiro atoms. The highest BCUT2D eigenvalue weighted by atomic mass is 16.3. The van der Waals surface area contributed by atoms with Crippen molar-refractivity contribution in [2.75, 3.05) is 0 Å². The lowest BCUT2D eigenvalue weighted by molar-refractivity contribution is 0.0600. The van der Waals surface area contributed by atoms with Crippen molar-refractivity contribution in [3.63, 3.8) is 0 Å². The molecule has 1 aromatic carbocycles. The van der Waals surface area contributed by atoms with Crippen LogP contribution in [0.4, 0.5) is 0 Å². The molecular weight excluding hydrogens is 276 g/mol. The molecule has 2 heterocycles. The van der Waals surface area contributed by atoms with Gasteiger partial charge < -0.3 is 9.32 Å². The van der Waals surface area contributed by atoms with Crippen molar-refractivity contribution in [2.24, 2.45) is 0 Å². The lowest BCUT2D eigenvalue weighted by Crippen LogP contribution is -2.44. The molecule has 114 valence electrons. The molecule has 1 saturated carbocycles. The summed E-state index contributed by atoms with van der Waals surface area (Å²) < 4.78 is 5.46. The predicted octanol–water partition coefficient (Wildman–Crippen LogP) is 3.53. The monoisotopic (exact) mass is 296 g/mol. The second-order valence-corrected chi connectivity index (χ2v) is 6.31. The highest BCUT2D eigenvalue weighted by molar-refractivity contribution is 5.93. The number of fused-ring (bicyclic) bond motifs is 1. The zero-order chi connectivity index (χ0) is 15.1. The molecule has 0 N–H and O–H groups in total. The molecule has 1 aliphatic heterocycles. The van der Waals surface area contributed by atoms with E-state index in [-0.39, 0.29) is 11.9 Å². The van der Waals surface area contributed by atoms with E-state index in [9.17, 15) is 4.79 Å². The van der Waals surface area contributed by atoms with Crippen LogP contribution in [0.1, 0.15) is 59.5 Å². The number of carbonyl (C=O) groups is 1. The maximum absolute atomic E-state index is 13.0. The van der Waals surface area contributed by atoms with E-state index >= 15 is 0 Å². The molecule has 0 radical (unpaired) electrons. The molecule has 1 aromatic heterocycles. The molecule has 4 heteroatoms. The highest BCUT2D eigenvalue weighted by Crippen LogP contribution is 2.41. The van der Waals surface area contributed by atoms with Crippen LogP contribution in [-0.4, -0.2) is 21.8 Å². The lowest BCUT2D eigenvalue weighted by atomic mass is 9.92. The van der Waals surface area contributed by atoms with Crippen LogP contribution in [0, 0.1) is 0 Å². The summed E-state index contributed by atoms with van der Waals surface area (Å²) in [5.74, 6) is 0.885. The van der Waals surface area contributed by atoms with Gasteiger partial charge in [-0.25, -0.2) is 4.98 Å². The number of amides is 1. The second-order valence-electron chi connectivity index (χ2n) is 6.31. The largest absolute Gasteiger partial charge is 0.438 e. The topological polar surface area (TPSA) is 46.3 Å². The maximum Gasteiger partial charge on any atom is 0.292 e. The minimum atomic E-state index is 0.000697. The Bertz CT molecular complexity index is 703. The van der Waals surface area contributed by atoms with Crippen LogP contribution >= 0.6 is 0 Å². The van der Waals surface area contributed by atoms with Crippen molar-refractivity contribution in [3.05, 3.63) is 53.2 Å². The number of nitrogens with zero attached hydrogens (tertiary/aromatic N) is 2. The Kier molecular flexibility index (Phi) is 3.25. The van der Waals surface area contributed by atoms with Crippen molar-refractivity contribution in [3.8, 4) is 0 Å². The van der Waals surface area contributed by atoms with E-state index in [1.54, 1.807) is 0 Å². The number of rotatable bonds is 3. The van der Waals surface area contributed by atoms with Crippen LogP contribution < -0.4 is 0 Å². The minimum absolute atomic E-state index is 0.000697. The van der Waals surface area contributed by atoms with Gasteiger partial charge in [-0.05, 0) is 36.8 Å². The summed E-state index contributed by atoms with van der Waals surface area (Å²) in [5, 5.41) is 0. The number of carbonyl (C=O) groups excluding carboxylic acids is 1. The molecule has 1 aliphatic carbocycles. The number of hydrogen-bond donors (Lipinski definition) is 0. The van der Waals surface area contributed by atoms with Crippen molar-refractivity contribution < 1.29 is 9.21 Å². The molecular formula is C18H20N2O2. The Morgan fingerprint density at radius 2 is 2.09 bits per heavy atom. The van der Waals surface area contributed by atoms with Crippen LogP contribution in [0.5, 0.6) is 0 Å². The maximum atomic E-state index is 13.0. The van der Waals surface area contributed by atoms with Crippen LogP contribution in [0.25, 0.3) is 0 Å². The normalized spacial score (nSPS) is 20.8. The molecule has 1 unspecified atom stereocenters. The zero-order valence-electron chi connectivity index (χ0n) is 12.8. The summed E-state index contributed by atoms with van der Waals surface area (Å²) in [5.41, 5.74) is 3.46. The molecule has 0 saturated heterocycles. The molecule has 0 bridgehead atoms. The first-order valence-corrected chi connectivity index (χ1v) is 8.09. The Morgan fingerprint density at radius 3 is 2.82 bits per heavy atom. The summed E-state index contributed by atoms with van der Waals surface area (Å²) >= 11 is 0. The molecule has 1 atom stereocenters. The Balaban J connectivity index is 1.65. The van der Waals surface area contributed by atoms with Gasteiger partial charge in [-0.15, -0.1) is 0 Å². The predicted molar refractivity (Wildman–Crippen MR) is 82.6 cm³/mol.